The highest BCUT2D eigenvalue weighted by Crippen LogP contribution is 2.28. The molecule has 0 fully saturated rings. The lowest BCUT2D eigenvalue weighted by atomic mass is 9.75. The van der Waals surface area contributed by atoms with Crippen molar-refractivity contribution in [2.45, 2.75) is 25.7 Å². The fourth-order valence-corrected chi connectivity index (χ4v) is 2.69. The van der Waals surface area contributed by atoms with Gasteiger partial charge in [-0.05, 0) is 31.4 Å². The molecule has 1 atom stereocenters. The minimum atomic E-state index is -0.403. The van der Waals surface area contributed by atoms with Gasteiger partial charge in [0.15, 0.2) is 0 Å². The minimum Gasteiger partial charge on any atom is -0.395 e. The molecule has 0 saturated heterocycles. The number of aliphatic hydroxyl groups excluding tert-OH is 1. The molecule has 0 amide bonds. The lowest BCUT2D eigenvalue weighted by molar-refractivity contribution is 0.196. The summed E-state index contributed by atoms with van der Waals surface area (Å²) < 4.78 is 0. The van der Waals surface area contributed by atoms with E-state index in [0.29, 0.717) is 6.54 Å². The first-order valence-electron chi connectivity index (χ1n) is 7.03. The number of benzene rings is 2. The standard InChI is InChI=1S/C18H23NO/c1-14-5-3-7-16(9-14)11-18(12-19,13-20)17-8-4-6-15(2)10-17/h3-10,20H,11-13,19H2,1-2H3. The Kier molecular flexibility index (Phi) is 4.58. The summed E-state index contributed by atoms with van der Waals surface area (Å²) in [6.07, 6.45) is 0.755. The molecule has 2 heteroatoms. The summed E-state index contributed by atoms with van der Waals surface area (Å²) in [6, 6.07) is 16.7. The second-order valence-corrected chi connectivity index (χ2v) is 5.68. The molecular formula is C18H23NO. The van der Waals surface area contributed by atoms with Crippen molar-refractivity contribution in [3.8, 4) is 0 Å². The van der Waals surface area contributed by atoms with E-state index in [0.717, 1.165) is 12.0 Å². The molecule has 2 nitrogen and oxygen atoms in total. The highest BCUT2D eigenvalue weighted by atomic mass is 16.3. The monoisotopic (exact) mass is 269 g/mol. The van der Waals surface area contributed by atoms with Gasteiger partial charge in [0.1, 0.15) is 0 Å². The fraction of sp³-hybridized carbons (Fsp3) is 0.333. The van der Waals surface area contributed by atoms with Gasteiger partial charge >= 0.3 is 0 Å². The molecular weight excluding hydrogens is 246 g/mol. The van der Waals surface area contributed by atoms with Crippen molar-refractivity contribution in [3.63, 3.8) is 0 Å². The quantitative estimate of drug-likeness (QED) is 0.876. The maximum atomic E-state index is 9.97. The van der Waals surface area contributed by atoms with Crippen molar-refractivity contribution >= 4 is 0 Å². The van der Waals surface area contributed by atoms with Crippen LogP contribution in [0.3, 0.4) is 0 Å². The summed E-state index contributed by atoms with van der Waals surface area (Å²) in [6.45, 7) is 4.63. The van der Waals surface area contributed by atoms with Gasteiger partial charge in [-0.15, -0.1) is 0 Å². The number of aryl methyl sites for hydroxylation is 2. The summed E-state index contributed by atoms with van der Waals surface area (Å²) in [5.41, 5.74) is 10.4. The molecule has 0 aliphatic carbocycles. The molecule has 2 rings (SSSR count). The predicted octanol–water partition coefficient (Wildman–Crippen LogP) is 2.73. The van der Waals surface area contributed by atoms with Crippen LogP contribution in [0.4, 0.5) is 0 Å². The van der Waals surface area contributed by atoms with Gasteiger partial charge in [0.05, 0.1) is 6.61 Å². The van der Waals surface area contributed by atoms with Gasteiger partial charge in [-0.2, -0.15) is 0 Å². The molecule has 3 N–H and O–H groups in total. The predicted molar refractivity (Wildman–Crippen MR) is 83.9 cm³/mol. The van der Waals surface area contributed by atoms with Crippen molar-refractivity contribution in [3.05, 3.63) is 70.8 Å². The first-order valence-corrected chi connectivity index (χ1v) is 7.03. The van der Waals surface area contributed by atoms with E-state index in [4.69, 9.17) is 5.73 Å². The number of hydrogen-bond donors (Lipinski definition) is 2. The number of nitrogens with two attached hydrogens (primary N) is 1. The van der Waals surface area contributed by atoms with Crippen LogP contribution in [-0.4, -0.2) is 18.3 Å². The Balaban J connectivity index is 2.39. The van der Waals surface area contributed by atoms with Crippen LogP contribution in [0.25, 0.3) is 0 Å². The van der Waals surface area contributed by atoms with Crippen LogP contribution in [0.5, 0.6) is 0 Å². The van der Waals surface area contributed by atoms with E-state index in [1.54, 1.807) is 0 Å². The van der Waals surface area contributed by atoms with Crippen molar-refractivity contribution in [1.29, 1.82) is 0 Å². The Hall–Kier alpha value is -1.64. The Morgan fingerprint density at radius 3 is 2.20 bits per heavy atom. The Labute approximate surface area is 121 Å². The first kappa shape index (κ1) is 14.8. The van der Waals surface area contributed by atoms with Gasteiger partial charge in [0, 0.05) is 12.0 Å². The zero-order chi connectivity index (χ0) is 14.6. The van der Waals surface area contributed by atoms with E-state index in [9.17, 15) is 5.11 Å². The van der Waals surface area contributed by atoms with Gasteiger partial charge in [-0.25, -0.2) is 0 Å². The fourth-order valence-electron chi connectivity index (χ4n) is 2.69. The minimum absolute atomic E-state index is 0.0564. The molecule has 0 bridgehead atoms. The van der Waals surface area contributed by atoms with Crippen LogP contribution >= 0.6 is 0 Å². The first-order chi connectivity index (χ1) is 9.59. The molecule has 0 spiro atoms. The number of hydrogen-bond acceptors (Lipinski definition) is 2. The van der Waals surface area contributed by atoms with Crippen molar-refractivity contribution in [2.75, 3.05) is 13.2 Å². The summed E-state index contributed by atoms with van der Waals surface area (Å²) in [4.78, 5) is 0. The zero-order valence-corrected chi connectivity index (χ0v) is 12.3. The van der Waals surface area contributed by atoms with Gasteiger partial charge in [0.2, 0.25) is 0 Å². The van der Waals surface area contributed by atoms with Crippen LogP contribution in [0.1, 0.15) is 22.3 Å². The average molecular weight is 269 g/mol. The Bertz CT molecular complexity index is 573. The molecule has 1 unspecified atom stereocenters. The smallest absolute Gasteiger partial charge is 0.0543 e. The van der Waals surface area contributed by atoms with Gasteiger partial charge in [-0.3, -0.25) is 0 Å². The normalized spacial score (nSPS) is 14.0. The highest BCUT2D eigenvalue weighted by Gasteiger charge is 2.30. The molecule has 0 saturated carbocycles. The van der Waals surface area contributed by atoms with E-state index >= 15 is 0 Å². The molecule has 0 aliphatic rings. The summed E-state index contributed by atoms with van der Waals surface area (Å²) in [5.74, 6) is 0. The molecule has 2 aromatic rings. The zero-order valence-electron chi connectivity index (χ0n) is 12.3. The molecule has 106 valence electrons. The second-order valence-electron chi connectivity index (χ2n) is 5.68. The van der Waals surface area contributed by atoms with Crippen molar-refractivity contribution in [2.24, 2.45) is 5.73 Å². The van der Waals surface area contributed by atoms with Crippen LogP contribution in [0, 0.1) is 13.8 Å². The van der Waals surface area contributed by atoms with Crippen LogP contribution < -0.4 is 5.73 Å². The van der Waals surface area contributed by atoms with E-state index in [-0.39, 0.29) is 6.61 Å². The summed E-state index contributed by atoms with van der Waals surface area (Å²) in [5, 5.41) is 9.97. The van der Waals surface area contributed by atoms with E-state index in [2.05, 4.69) is 56.3 Å². The van der Waals surface area contributed by atoms with Crippen molar-refractivity contribution < 1.29 is 5.11 Å². The second kappa shape index (κ2) is 6.21. The Morgan fingerprint density at radius 1 is 1.00 bits per heavy atom. The molecule has 0 aromatic heterocycles. The third kappa shape index (κ3) is 3.09. The third-order valence-electron chi connectivity index (χ3n) is 3.95. The van der Waals surface area contributed by atoms with Gasteiger partial charge in [0.25, 0.3) is 0 Å². The molecule has 0 radical (unpaired) electrons. The van der Waals surface area contributed by atoms with Gasteiger partial charge < -0.3 is 10.8 Å². The van der Waals surface area contributed by atoms with E-state index in [1.807, 2.05) is 6.07 Å². The van der Waals surface area contributed by atoms with Crippen molar-refractivity contribution in [1.82, 2.24) is 0 Å². The highest BCUT2D eigenvalue weighted by molar-refractivity contribution is 5.34. The van der Waals surface area contributed by atoms with E-state index in [1.165, 1.54) is 16.7 Å². The SMILES string of the molecule is Cc1cccc(CC(CN)(CO)c2cccc(C)c2)c1. The summed E-state index contributed by atoms with van der Waals surface area (Å²) in [7, 11) is 0. The number of rotatable bonds is 5. The van der Waals surface area contributed by atoms with Crippen LogP contribution in [0.15, 0.2) is 48.5 Å². The topological polar surface area (TPSA) is 46.2 Å². The molecule has 2 aromatic carbocycles. The summed E-state index contributed by atoms with van der Waals surface area (Å²) >= 11 is 0. The molecule has 0 aliphatic heterocycles. The molecule has 0 heterocycles. The van der Waals surface area contributed by atoms with Crippen LogP contribution in [-0.2, 0) is 11.8 Å². The maximum absolute atomic E-state index is 9.97. The van der Waals surface area contributed by atoms with Crippen LogP contribution in [0.2, 0.25) is 0 Å². The molecule has 20 heavy (non-hydrogen) atoms. The third-order valence-corrected chi connectivity index (χ3v) is 3.95. The largest absolute Gasteiger partial charge is 0.395 e. The lowest BCUT2D eigenvalue weighted by Gasteiger charge is -2.31. The average Bonchev–Trinajstić information content (AvgIpc) is 2.45. The number of aliphatic hydroxyl groups is 1. The lowest BCUT2D eigenvalue weighted by Crippen LogP contribution is -2.41. The van der Waals surface area contributed by atoms with E-state index < -0.39 is 5.41 Å². The van der Waals surface area contributed by atoms with Gasteiger partial charge in [-0.1, -0.05) is 59.7 Å². The maximum Gasteiger partial charge on any atom is 0.0543 e. The Morgan fingerprint density at radius 2 is 1.65 bits per heavy atom.